The monoisotopic (exact) mass is 363 g/mol. The van der Waals surface area contributed by atoms with Crippen LogP contribution in [-0.4, -0.2) is 57.4 Å². The first kappa shape index (κ1) is 17.2. The van der Waals surface area contributed by atoms with E-state index in [-0.39, 0.29) is 37.8 Å². The Morgan fingerprint density at radius 2 is 1.85 bits per heavy atom. The number of fused-ring (bicyclic) bond motifs is 1. The number of carbonyl (C=O) groups is 1. The van der Waals surface area contributed by atoms with Crippen LogP contribution in [0.1, 0.15) is 25.7 Å². The second-order valence-electron chi connectivity index (χ2n) is 7.30. The zero-order valence-electron chi connectivity index (χ0n) is 14.9. The lowest BCUT2D eigenvalue weighted by Gasteiger charge is -2.37. The molecular formula is C18H23F2N5O. The van der Waals surface area contributed by atoms with Crippen molar-refractivity contribution < 1.29 is 13.6 Å². The number of aryl methyl sites for hydroxylation is 1. The van der Waals surface area contributed by atoms with Gasteiger partial charge < -0.3 is 14.4 Å². The quantitative estimate of drug-likeness (QED) is 0.822. The largest absolute Gasteiger partial charge is 0.356 e. The van der Waals surface area contributed by atoms with E-state index in [0.717, 1.165) is 42.8 Å². The summed E-state index contributed by atoms with van der Waals surface area (Å²) in [6.45, 7) is 1.81. The number of amides is 1. The van der Waals surface area contributed by atoms with E-state index in [0.29, 0.717) is 0 Å². The molecule has 0 atom stereocenters. The molecule has 8 heteroatoms. The van der Waals surface area contributed by atoms with E-state index < -0.39 is 5.92 Å². The van der Waals surface area contributed by atoms with Gasteiger partial charge in [0.2, 0.25) is 5.91 Å². The fraction of sp³-hybridized carbons (Fsp3) is 0.611. The fourth-order valence-corrected chi connectivity index (χ4v) is 3.97. The lowest BCUT2D eigenvalue weighted by atomic mass is 9.94. The first-order valence-corrected chi connectivity index (χ1v) is 9.12. The summed E-state index contributed by atoms with van der Waals surface area (Å²) in [5.41, 5.74) is 0.891. The average Bonchev–Trinajstić information content (AvgIpc) is 3.03. The highest BCUT2D eigenvalue weighted by atomic mass is 19.3. The molecule has 2 saturated heterocycles. The van der Waals surface area contributed by atoms with Crippen LogP contribution in [0.5, 0.6) is 0 Å². The van der Waals surface area contributed by atoms with Crippen molar-refractivity contribution in [3.63, 3.8) is 0 Å². The minimum Gasteiger partial charge on any atom is -0.356 e. The van der Waals surface area contributed by atoms with Gasteiger partial charge in [0, 0.05) is 58.2 Å². The number of hydrogen-bond acceptors (Lipinski definition) is 4. The second kappa shape index (κ2) is 6.48. The molecule has 0 bridgehead atoms. The van der Waals surface area contributed by atoms with Gasteiger partial charge in [0.05, 0.1) is 5.39 Å². The maximum Gasteiger partial charge on any atom is 0.251 e. The van der Waals surface area contributed by atoms with E-state index in [4.69, 9.17) is 0 Å². The van der Waals surface area contributed by atoms with Crippen LogP contribution in [-0.2, 0) is 11.8 Å². The highest BCUT2D eigenvalue weighted by molar-refractivity contribution is 5.88. The molecule has 0 saturated carbocycles. The molecule has 26 heavy (non-hydrogen) atoms. The van der Waals surface area contributed by atoms with Crippen LogP contribution in [0.3, 0.4) is 0 Å². The number of piperidine rings is 2. The van der Waals surface area contributed by atoms with Gasteiger partial charge in [-0.15, -0.1) is 0 Å². The van der Waals surface area contributed by atoms with Crippen molar-refractivity contribution in [2.75, 3.05) is 31.1 Å². The van der Waals surface area contributed by atoms with Crippen molar-refractivity contribution in [3.8, 4) is 0 Å². The summed E-state index contributed by atoms with van der Waals surface area (Å²) in [4.78, 5) is 25.2. The van der Waals surface area contributed by atoms with E-state index in [9.17, 15) is 13.6 Å². The number of alkyl halides is 2. The molecule has 140 valence electrons. The summed E-state index contributed by atoms with van der Waals surface area (Å²) in [5, 5.41) is 1.01. The van der Waals surface area contributed by atoms with Crippen LogP contribution in [0.2, 0.25) is 0 Å². The molecule has 4 rings (SSSR count). The zero-order chi connectivity index (χ0) is 18.3. The van der Waals surface area contributed by atoms with E-state index in [2.05, 4.69) is 14.9 Å². The van der Waals surface area contributed by atoms with Gasteiger partial charge in [0.25, 0.3) is 5.92 Å². The van der Waals surface area contributed by atoms with Gasteiger partial charge in [-0.25, -0.2) is 18.7 Å². The highest BCUT2D eigenvalue weighted by Crippen LogP contribution is 2.31. The van der Waals surface area contributed by atoms with Crippen LogP contribution in [0.4, 0.5) is 14.6 Å². The molecule has 0 unspecified atom stereocenters. The summed E-state index contributed by atoms with van der Waals surface area (Å²) >= 11 is 0. The fourth-order valence-electron chi connectivity index (χ4n) is 3.97. The molecule has 2 aliphatic heterocycles. The molecule has 2 aromatic rings. The first-order valence-electron chi connectivity index (χ1n) is 9.12. The highest BCUT2D eigenvalue weighted by Gasteiger charge is 2.38. The molecular weight excluding hydrogens is 340 g/mol. The molecule has 0 aliphatic carbocycles. The number of aromatic nitrogens is 3. The lowest BCUT2D eigenvalue weighted by Crippen LogP contribution is -2.47. The average molecular weight is 363 g/mol. The van der Waals surface area contributed by atoms with Crippen LogP contribution >= 0.6 is 0 Å². The number of likely N-dealkylation sites (tertiary alicyclic amines) is 1. The summed E-state index contributed by atoms with van der Waals surface area (Å²) in [7, 11) is 1.95. The maximum absolute atomic E-state index is 13.3. The van der Waals surface area contributed by atoms with Gasteiger partial charge >= 0.3 is 0 Å². The number of carbonyl (C=O) groups excluding carboxylic acids is 1. The molecule has 0 aromatic carbocycles. The number of nitrogens with zero attached hydrogens (tertiary/aromatic N) is 5. The topological polar surface area (TPSA) is 54.3 Å². The molecule has 6 nitrogen and oxygen atoms in total. The molecule has 0 radical (unpaired) electrons. The van der Waals surface area contributed by atoms with Crippen LogP contribution < -0.4 is 4.90 Å². The minimum absolute atomic E-state index is 0.0349. The third-order valence-corrected chi connectivity index (χ3v) is 5.59. The Morgan fingerprint density at radius 1 is 1.15 bits per heavy atom. The van der Waals surface area contributed by atoms with Crippen molar-refractivity contribution in [2.45, 2.75) is 31.6 Å². The van der Waals surface area contributed by atoms with E-state index in [1.807, 2.05) is 23.9 Å². The minimum atomic E-state index is -2.62. The van der Waals surface area contributed by atoms with Gasteiger partial charge in [-0.05, 0) is 18.9 Å². The summed E-state index contributed by atoms with van der Waals surface area (Å²) in [5.74, 6) is -1.76. The van der Waals surface area contributed by atoms with Crippen LogP contribution in [0.15, 0.2) is 18.6 Å². The second-order valence-corrected chi connectivity index (χ2v) is 7.30. The van der Waals surface area contributed by atoms with Gasteiger partial charge in [0.1, 0.15) is 17.8 Å². The van der Waals surface area contributed by atoms with Crippen LogP contribution in [0, 0.1) is 5.92 Å². The molecule has 0 spiro atoms. The van der Waals surface area contributed by atoms with Crippen molar-refractivity contribution in [2.24, 2.45) is 13.0 Å². The van der Waals surface area contributed by atoms with Gasteiger partial charge in [-0.3, -0.25) is 4.79 Å². The summed E-state index contributed by atoms with van der Waals surface area (Å²) in [6.07, 6.45) is 4.55. The third-order valence-electron chi connectivity index (χ3n) is 5.59. The zero-order valence-corrected chi connectivity index (χ0v) is 14.9. The lowest BCUT2D eigenvalue weighted by molar-refractivity contribution is -0.142. The predicted octanol–water partition coefficient (Wildman–Crippen LogP) is 2.44. The Kier molecular flexibility index (Phi) is 4.28. The Hall–Kier alpha value is -2.25. The van der Waals surface area contributed by atoms with Crippen molar-refractivity contribution in [1.82, 2.24) is 19.4 Å². The SMILES string of the molecule is Cn1ccc2c(N3CCC(C(=O)N4CCC(F)(F)CC4)CC3)ncnc21. The van der Waals surface area contributed by atoms with Crippen molar-refractivity contribution in [1.29, 1.82) is 0 Å². The Bertz CT molecular complexity index is 803. The molecule has 0 N–H and O–H groups in total. The van der Waals surface area contributed by atoms with E-state index >= 15 is 0 Å². The number of halogens is 2. The standard InChI is InChI=1S/C18H23F2N5O/c1-23-7-4-14-15(23)21-12-22-16(14)24-8-2-13(3-9-24)17(26)25-10-5-18(19,20)6-11-25/h4,7,12-13H,2-3,5-6,8-11H2,1H3. The van der Waals surface area contributed by atoms with Crippen molar-refractivity contribution >= 4 is 22.8 Å². The predicted molar refractivity (Wildman–Crippen MR) is 94.2 cm³/mol. The van der Waals surface area contributed by atoms with Gasteiger partial charge in [-0.1, -0.05) is 0 Å². The Morgan fingerprint density at radius 3 is 2.54 bits per heavy atom. The summed E-state index contributed by atoms with van der Waals surface area (Å²) in [6, 6.07) is 2.01. The van der Waals surface area contributed by atoms with E-state index in [1.165, 1.54) is 0 Å². The molecule has 2 fully saturated rings. The van der Waals surface area contributed by atoms with Crippen molar-refractivity contribution in [3.05, 3.63) is 18.6 Å². The smallest absolute Gasteiger partial charge is 0.251 e. The Balaban J connectivity index is 1.40. The normalized spacial score (nSPS) is 21.3. The summed E-state index contributed by atoms with van der Waals surface area (Å²) < 4.78 is 28.5. The maximum atomic E-state index is 13.3. The number of rotatable bonds is 2. The molecule has 1 amide bonds. The first-order chi connectivity index (χ1) is 12.4. The Labute approximate surface area is 150 Å². The van der Waals surface area contributed by atoms with Crippen LogP contribution in [0.25, 0.3) is 11.0 Å². The van der Waals surface area contributed by atoms with Gasteiger partial charge in [0.15, 0.2) is 0 Å². The number of anilines is 1. The molecule has 2 aliphatic rings. The van der Waals surface area contributed by atoms with Gasteiger partial charge in [-0.2, -0.15) is 0 Å². The third kappa shape index (κ3) is 3.12. The molecule has 2 aromatic heterocycles. The van der Waals surface area contributed by atoms with E-state index in [1.54, 1.807) is 11.2 Å². The molecule has 4 heterocycles. The number of hydrogen-bond donors (Lipinski definition) is 0.